The molecule has 5 heteroatoms. The molecule has 0 saturated heterocycles. The van der Waals surface area contributed by atoms with Gasteiger partial charge in [-0.2, -0.15) is 0 Å². The third-order valence-electron chi connectivity index (χ3n) is 5.22. The molecule has 2 N–H and O–H groups in total. The van der Waals surface area contributed by atoms with Gasteiger partial charge in [0, 0.05) is 28.3 Å². The van der Waals surface area contributed by atoms with Gasteiger partial charge in [0.25, 0.3) is 0 Å². The van der Waals surface area contributed by atoms with Crippen LogP contribution in [-0.2, 0) is 0 Å². The number of hydrogen-bond donors (Lipinski definition) is 1. The van der Waals surface area contributed by atoms with Crippen molar-refractivity contribution in [3.8, 4) is 17.2 Å². The summed E-state index contributed by atoms with van der Waals surface area (Å²) in [6.45, 7) is 0. The minimum absolute atomic E-state index is 0.0276. The molecule has 0 saturated carbocycles. The number of allylic oxidation sites excluding steroid dienone is 2. The average Bonchev–Trinajstić information content (AvgIpc) is 2.85. The molecule has 1 aliphatic rings. The highest BCUT2D eigenvalue weighted by atomic mass is 16.5. The molecule has 0 amide bonds. The number of benzene rings is 3. The minimum Gasteiger partial charge on any atom is -0.497 e. The summed E-state index contributed by atoms with van der Waals surface area (Å²) < 4.78 is 11.0. The molecule has 0 spiro atoms. The van der Waals surface area contributed by atoms with Gasteiger partial charge in [-0.05, 0) is 79.2 Å². The molecule has 0 fully saturated rings. The lowest BCUT2D eigenvalue weighted by atomic mass is 9.96. The van der Waals surface area contributed by atoms with Gasteiger partial charge in [0.15, 0.2) is 11.6 Å². The highest BCUT2D eigenvalue weighted by Gasteiger charge is 2.14. The molecule has 1 unspecified atom stereocenters. The van der Waals surface area contributed by atoms with E-state index in [0.717, 1.165) is 0 Å². The Morgan fingerprint density at radius 3 is 1.66 bits per heavy atom. The number of rotatable bonds is 7. The van der Waals surface area contributed by atoms with E-state index in [1.165, 1.54) is 0 Å². The van der Waals surface area contributed by atoms with Gasteiger partial charge in [-0.1, -0.05) is 18.2 Å². The standard InChI is InChI=1S/C27H23NO4/c1-31-23-12-4-19(5-13-23)27(30)21-8-16-25(17-9-21)32-24-14-6-20(7-15-24)26(29)18-2-10-22(28)11-3-18/h2-10,12-17,22H,11,28H2,1H3. The van der Waals surface area contributed by atoms with Gasteiger partial charge in [-0.25, -0.2) is 0 Å². The van der Waals surface area contributed by atoms with Crippen molar-refractivity contribution in [1.29, 1.82) is 0 Å². The largest absolute Gasteiger partial charge is 0.497 e. The van der Waals surface area contributed by atoms with Gasteiger partial charge < -0.3 is 15.2 Å². The summed E-state index contributed by atoms with van der Waals surface area (Å²) in [5.41, 5.74) is 8.20. The number of ketones is 2. The molecule has 0 radical (unpaired) electrons. The zero-order valence-corrected chi connectivity index (χ0v) is 17.7. The molecule has 4 rings (SSSR count). The molecule has 0 bridgehead atoms. The van der Waals surface area contributed by atoms with Gasteiger partial charge in [0.1, 0.15) is 17.2 Å². The molecule has 0 aliphatic heterocycles. The quantitative estimate of drug-likeness (QED) is 0.532. The average molecular weight is 425 g/mol. The highest BCUT2D eigenvalue weighted by molar-refractivity contribution is 6.10. The molecule has 0 heterocycles. The van der Waals surface area contributed by atoms with E-state index in [1.807, 2.05) is 12.2 Å². The molecule has 160 valence electrons. The second-order valence-electron chi connectivity index (χ2n) is 7.46. The van der Waals surface area contributed by atoms with Gasteiger partial charge in [-0.15, -0.1) is 0 Å². The van der Waals surface area contributed by atoms with Crippen LogP contribution in [0, 0.1) is 0 Å². The zero-order chi connectivity index (χ0) is 22.5. The fourth-order valence-corrected chi connectivity index (χ4v) is 3.37. The van der Waals surface area contributed by atoms with Crippen LogP contribution in [-0.4, -0.2) is 24.7 Å². The molecule has 1 aliphatic carbocycles. The molecule has 32 heavy (non-hydrogen) atoms. The molecule has 0 aromatic heterocycles. The highest BCUT2D eigenvalue weighted by Crippen LogP contribution is 2.24. The topological polar surface area (TPSA) is 78.6 Å². The summed E-state index contributed by atoms with van der Waals surface area (Å²) in [5.74, 6) is 1.79. The number of hydrogen-bond acceptors (Lipinski definition) is 5. The van der Waals surface area contributed by atoms with E-state index in [2.05, 4.69) is 0 Å². The third-order valence-corrected chi connectivity index (χ3v) is 5.22. The smallest absolute Gasteiger partial charge is 0.193 e. The molecule has 3 aromatic carbocycles. The lowest BCUT2D eigenvalue weighted by molar-refractivity contribution is 0.103. The number of carbonyl (C=O) groups is 2. The number of methoxy groups -OCH3 is 1. The van der Waals surface area contributed by atoms with Crippen molar-refractivity contribution in [2.45, 2.75) is 12.5 Å². The maximum Gasteiger partial charge on any atom is 0.193 e. The fraction of sp³-hybridized carbons (Fsp3) is 0.111. The first-order valence-corrected chi connectivity index (χ1v) is 10.3. The lowest BCUT2D eigenvalue weighted by Gasteiger charge is -2.11. The van der Waals surface area contributed by atoms with Crippen LogP contribution in [0.2, 0.25) is 0 Å². The van der Waals surface area contributed by atoms with E-state index in [-0.39, 0.29) is 17.6 Å². The van der Waals surface area contributed by atoms with E-state index >= 15 is 0 Å². The molecule has 3 aromatic rings. The zero-order valence-electron chi connectivity index (χ0n) is 17.7. The number of carbonyl (C=O) groups excluding carboxylic acids is 2. The summed E-state index contributed by atoms with van der Waals surface area (Å²) in [4.78, 5) is 25.2. The second-order valence-corrected chi connectivity index (χ2v) is 7.46. The van der Waals surface area contributed by atoms with Crippen LogP contribution in [0.25, 0.3) is 0 Å². The van der Waals surface area contributed by atoms with Crippen LogP contribution in [0.1, 0.15) is 32.7 Å². The predicted molar refractivity (Wildman–Crippen MR) is 124 cm³/mol. The predicted octanol–water partition coefficient (Wildman–Crippen LogP) is 5.11. The first-order valence-electron chi connectivity index (χ1n) is 10.3. The normalized spacial score (nSPS) is 15.1. The Hall–Kier alpha value is -3.96. The van der Waals surface area contributed by atoms with Crippen molar-refractivity contribution < 1.29 is 19.1 Å². The van der Waals surface area contributed by atoms with Crippen LogP contribution >= 0.6 is 0 Å². The summed E-state index contributed by atoms with van der Waals surface area (Å²) in [6, 6.07) is 20.9. The Kier molecular flexibility index (Phi) is 6.29. The van der Waals surface area contributed by atoms with E-state index in [4.69, 9.17) is 15.2 Å². The Labute approximate surface area is 186 Å². The van der Waals surface area contributed by atoms with Crippen molar-refractivity contribution in [3.63, 3.8) is 0 Å². The van der Waals surface area contributed by atoms with Crippen LogP contribution in [0.4, 0.5) is 0 Å². The Morgan fingerprint density at radius 1 is 0.750 bits per heavy atom. The maximum atomic E-state index is 12.6. The van der Waals surface area contributed by atoms with Crippen molar-refractivity contribution in [2.24, 2.45) is 5.73 Å². The molecule has 1 atom stereocenters. The fourth-order valence-electron chi connectivity index (χ4n) is 3.37. The molecular formula is C27H23NO4. The van der Waals surface area contributed by atoms with Crippen molar-refractivity contribution in [3.05, 3.63) is 113 Å². The first kappa shape index (κ1) is 21.3. The summed E-state index contributed by atoms with van der Waals surface area (Å²) >= 11 is 0. The SMILES string of the molecule is COc1ccc(C(=O)c2ccc(Oc3ccc(C(=O)C4=CCC(N)C=C4)cc3)cc2)cc1. The van der Waals surface area contributed by atoms with Crippen LogP contribution in [0.15, 0.2) is 96.6 Å². The molecule has 5 nitrogen and oxygen atoms in total. The van der Waals surface area contributed by atoms with Gasteiger partial charge in [-0.3, -0.25) is 9.59 Å². The minimum atomic E-state index is -0.0749. The summed E-state index contributed by atoms with van der Waals surface area (Å²) in [5, 5.41) is 0. The van der Waals surface area contributed by atoms with Crippen LogP contribution in [0.3, 0.4) is 0 Å². The van der Waals surface area contributed by atoms with Crippen LogP contribution < -0.4 is 15.2 Å². The Bertz CT molecular complexity index is 1170. The van der Waals surface area contributed by atoms with E-state index in [1.54, 1.807) is 86.0 Å². The molecular weight excluding hydrogens is 402 g/mol. The van der Waals surface area contributed by atoms with E-state index < -0.39 is 0 Å². The maximum absolute atomic E-state index is 12.6. The Balaban J connectivity index is 1.40. The summed E-state index contributed by atoms with van der Waals surface area (Å²) in [7, 11) is 1.59. The van der Waals surface area contributed by atoms with E-state index in [9.17, 15) is 9.59 Å². The van der Waals surface area contributed by atoms with E-state index in [0.29, 0.717) is 45.9 Å². The summed E-state index contributed by atoms with van der Waals surface area (Å²) in [6.07, 6.45) is 6.14. The van der Waals surface area contributed by atoms with Crippen LogP contribution in [0.5, 0.6) is 17.2 Å². The number of nitrogens with two attached hydrogens (primary N) is 1. The second kappa shape index (κ2) is 9.45. The van der Waals surface area contributed by atoms with Gasteiger partial charge in [0.05, 0.1) is 7.11 Å². The van der Waals surface area contributed by atoms with Crippen molar-refractivity contribution >= 4 is 11.6 Å². The monoisotopic (exact) mass is 425 g/mol. The van der Waals surface area contributed by atoms with Gasteiger partial charge >= 0.3 is 0 Å². The Morgan fingerprint density at radius 2 is 1.22 bits per heavy atom. The first-order chi connectivity index (χ1) is 15.5. The van der Waals surface area contributed by atoms with Crippen molar-refractivity contribution in [1.82, 2.24) is 0 Å². The third kappa shape index (κ3) is 4.85. The number of Topliss-reactive ketones (excluding diaryl/α,β-unsaturated/α-hetero) is 1. The van der Waals surface area contributed by atoms with Gasteiger partial charge in [0.2, 0.25) is 0 Å². The van der Waals surface area contributed by atoms with Crippen molar-refractivity contribution in [2.75, 3.05) is 7.11 Å². The lowest BCUT2D eigenvalue weighted by Crippen LogP contribution is -2.19. The number of ether oxygens (including phenoxy) is 2.